The molecule has 1 atom stereocenters. The minimum atomic E-state index is -0.469. The molecule has 1 rings (SSSR count). The van der Waals surface area contributed by atoms with Crippen molar-refractivity contribution in [1.29, 1.82) is 0 Å². The van der Waals surface area contributed by atoms with Gasteiger partial charge >= 0.3 is 5.97 Å². The van der Waals surface area contributed by atoms with E-state index in [0.717, 1.165) is 32.2 Å². The number of ether oxygens (including phenoxy) is 1. The maximum atomic E-state index is 12.1. The minimum absolute atomic E-state index is 0. The number of esters is 1. The third-order valence-corrected chi connectivity index (χ3v) is 4.06. The molecule has 1 aliphatic rings. The molecule has 0 aliphatic carbocycles. The van der Waals surface area contributed by atoms with Crippen molar-refractivity contribution in [3.05, 3.63) is 0 Å². The highest BCUT2D eigenvalue weighted by Crippen LogP contribution is 2.21. The molecule has 1 fully saturated rings. The van der Waals surface area contributed by atoms with Crippen LogP contribution in [0.25, 0.3) is 0 Å². The molecule has 1 aliphatic heterocycles. The summed E-state index contributed by atoms with van der Waals surface area (Å²) in [7, 11) is 1.38. The number of hydrogen-bond donors (Lipinski definition) is 2. The van der Waals surface area contributed by atoms with Gasteiger partial charge in [-0.15, -0.1) is 12.4 Å². The van der Waals surface area contributed by atoms with Gasteiger partial charge in [-0.2, -0.15) is 0 Å². The molecule has 1 saturated heterocycles. The van der Waals surface area contributed by atoms with E-state index < -0.39 is 5.54 Å². The lowest BCUT2D eigenvalue weighted by molar-refractivity contribution is -0.142. The SMILES string of the molecule is CCC(CC)(CC(=O)OC)NC(=O)CC1CCCN1.Cl. The van der Waals surface area contributed by atoms with Crippen LogP contribution in [-0.2, 0) is 14.3 Å². The average Bonchev–Trinajstić information content (AvgIpc) is 2.90. The quantitative estimate of drug-likeness (QED) is 0.704. The molecule has 1 amide bonds. The van der Waals surface area contributed by atoms with E-state index in [1.165, 1.54) is 7.11 Å². The summed E-state index contributed by atoms with van der Waals surface area (Å²) in [6.45, 7) is 4.97. The highest BCUT2D eigenvalue weighted by atomic mass is 35.5. The second kappa shape index (κ2) is 9.19. The summed E-state index contributed by atoms with van der Waals surface area (Å²) in [5.74, 6) is -0.255. The maximum absolute atomic E-state index is 12.1. The van der Waals surface area contributed by atoms with Gasteiger partial charge in [0.2, 0.25) is 5.91 Å². The van der Waals surface area contributed by atoms with E-state index in [1.807, 2.05) is 13.8 Å². The Bertz CT molecular complexity index is 314. The summed E-state index contributed by atoms with van der Waals surface area (Å²) in [5, 5.41) is 6.35. The lowest BCUT2D eigenvalue weighted by Gasteiger charge is -2.32. The monoisotopic (exact) mass is 306 g/mol. The predicted molar refractivity (Wildman–Crippen MR) is 81.0 cm³/mol. The van der Waals surface area contributed by atoms with Crippen LogP contribution in [0.5, 0.6) is 0 Å². The van der Waals surface area contributed by atoms with Gasteiger partial charge in [0.15, 0.2) is 0 Å². The largest absolute Gasteiger partial charge is 0.469 e. The first kappa shape index (κ1) is 19.2. The van der Waals surface area contributed by atoms with Crippen LogP contribution in [0.15, 0.2) is 0 Å². The lowest BCUT2D eigenvalue weighted by Crippen LogP contribution is -2.50. The third kappa shape index (κ3) is 5.67. The molecular weight excluding hydrogens is 280 g/mol. The molecule has 0 bridgehead atoms. The molecule has 0 aromatic heterocycles. The van der Waals surface area contributed by atoms with Crippen molar-refractivity contribution in [2.24, 2.45) is 0 Å². The number of methoxy groups -OCH3 is 1. The summed E-state index contributed by atoms with van der Waals surface area (Å²) in [6, 6.07) is 0.282. The molecule has 118 valence electrons. The van der Waals surface area contributed by atoms with Gasteiger partial charge < -0.3 is 15.4 Å². The number of rotatable bonds is 7. The summed E-state index contributed by atoms with van der Waals surface area (Å²) >= 11 is 0. The van der Waals surface area contributed by atoms with E-state index in [9.17, 15) is 9.59 Å². The van der Waals surface area contributed by atoms with Gasteiger partial charge in [-0.3, -0.25) is 9.59 Å². The first-order valence-electron chi connectivity index (χ1n) is 7.16. The zero-order chi connectivity index (χ0) is 14.3. The maximum Gasteiger partial charge on any atom is 0.307 e. The summed E-state index contributed by atoms with van der Waals surface area (Å²) in [4.78, 5) is 23.6. The Balaban J connectivity index is 0.00000361. The van der Waals surface area contributed by atoms with E-state index >= 15 is 0 Å². The molecule has 0 radical (unpaired) electrons. The van der Waals surface area contributed by atoms with Crippen molar-refractivity contribution in [1.82, 2.24) is 10.6 Å². The Morgan fingerprint density at radius 3 is 2.45 bits per heavy atom. The van der Waals surface area contributed by atoms with Crippen LogP contribution in [0.2, 0.25) is 0 Å². The number of nitrogens with one attached hydrogen (secondary N) is 2. The van der Waals surface area contributed by atoms with Gasteiger partial charge in [-0.1, -0.05) is 13.8 Å². The smallest absolute Gasteiger partial charge is 0.307 e. The van der Waals surface area contributed by atoms with E-state index in [1.54, 1.807) is 0 Å². The second-order valence-corrected chi connectivity index (χ2v) is 5.29. The highest BCUT2D eigenvalue weighted by Gasteiger charge is 2.32. The highest BCUT2D eigenvalue weighted by molar-refractivity contribution is 5.85. The fraction of sp³-hybridized carbons (Fsp3) is 0.857. The Labute approximate surface area is 127 Å². The molecule has 2 N–H and O–H groups in total. The minimum Gasteiger partial charge on any atom is -0.469 e. The molecule has 1 unspecified atom stereocenters. The second-order valence-electron chi connectivity index (χ2n) is 5.29. The summed E-state index contributed by atoms with van der Waals surface area (Å²) in [5.41, 5.74) is -0.469. The zero-order valence-electron chi connectivity index (χ0n) is 12.7. The van der Waals surface area contributed by atoms with Gasteiger partial charge in [0.1, 0.15) is 0 Å². The number of halogens is 1. The first-order valence-corrected chi connectivity index (χ1v) is 7.16. The molecule has 0 saturated carbocycles. The molecule has 6 heteroatoms. The lowest BCUT2D eigenvalue weighted by atomic mass is 9.88. The molecule has 1 heterocycles. The normalized spacial score (nSPS) is 18.2. The van der Waals surface area contributed by atoms with Crippen molar-refractivity contribution in [3.8, 4) is 0 Å². The van der Waals surface area contributed by atoms with Crippen molar-refractivity contribution >= 4 is 24.3 Å². The van der Waals surface area contributed by atoms with Crippen LogP contribution in [0.1, 0.15) is 52.4 Å². The Hall–Kier alpha value is -0.810. The van der Waals surface area contributed by atoms with Crippen LogP contribution in [0.3, 0.4) is 0 Å². The van der Waals surface area contributed by atoms with Crippen LogP contribution >= 0.6 is 12.4 Å². The van der Waals surface area contributed by atoms with E-state index in [0.29, 0.717) is 6.42 Å². The number of carbonyl (C=O) groups excluding carboxylic acids is 2. The van der Waals surface area contributed by atoms with Crippen LogP contribution in [0.4, 0.5) is 0 Å². The molecular formula is C14H27ClN2O3. The summed E-state index contributed by atoms with van der Waals surface area (Å²) in [6.07, 6.45) is 4.36. The van der Waals surface area contributed by atoms with E-state index in [4.69, 9.17) is 4.74 Å². The first-order chi connectivity index (χ1) is 9.05. The van der Waals surface area contributed by atoms with Gasteiger partial charge in [0.25, 0.3) is 0 Å². The standard InChI is InChI=1S/C14H26N2O3.ClH/c1-4-14(5-2,10-13(18)19-3)16-12(17)9-11-7-6-8-15-11;/h11,15H,4-10H2,1-3H3,(H,16,17);1H. The molecule has 5 nitrogen and oxygen atoms in total. The van der Waals surface area contributed by atoms with Crippen LogP contribution in [0, 0.1) is 0 Å². The third-order valence-electron chi connectivity index (χ3n) is 4.06. The number of amides is 1. The van der Waals surface area contributed by atoms with Crippen molar-refractivity contribution in [2.45, 2.75) is 64.0 Å². The van der Waals surface area contributed by atoms with E-state index in [-0.39, 0.29) is 36.7 Å². The molecule has 20 heavy (non-hydrogen) atoms. The number of hydrogen-bond acceptors (Lipinski definition) is 4. The van der Waals surface area contributed by atoms with Crippen molar-refractivity contribution < 1.29 is 14.3 Å². The van der Waals surface area contributed by atoms with Crippen molar-refractivity contribution in [2.75, 3.05) is 13.7 Å². The Morgan fingerprint density at radius 1 is 1.35 bits per heavy atom. The van der Waals surface area contributed by atoms with Crippen molar-refractivity contribution in [3.63, 3.8) is 0 Å². The zero-order valence-corrected chi connectivity index (χ0v) is 13.5. The molecule has 0 spiro atoms. The molecule has 0 aromatic rings. The summed E-state index contributed by atoms with van der Waals surface area (Å²) < 4.78 is 4.72. The van der Waals surface area contributed by atoms with Gasteiger partial charge in [-0.05, 0) is 32.2 Å². The van der Waals surface area contributed by atoms with E-state index in [2.05, 4.69) is 10.6 Å². The Morgan fingerprint density at radius 2 is 2.00 bits per heavy atom. The van der Waals surface area contributed by atoms with Gasteiger partial charge in [0, 0.05) is 18.0 Å². The van der Waals surface area contributed by atoms with Crippen LogP contribution < -0.4 is 10.6 Å². The van der Waals surface area contributed by atoms with Gasteiger partial charge in [0.05, 0.1) is 13.5 Å². The fourth-order valence-electron chi connectivity index (χ4n) is 2.57. The Kier molecular flexibility index (Phi) is 8.81. The predicted octanol–water partition coefficient (Wildman–Crippen LogP) is 1.79. The van der Waals surface area contributed by atoms with Gasteiger partial charge in [-0.25, -0.2) is 0 Å². The molecule has 0 aromatic carbocycles. The topological polar surface area (TPSA) is 67.4 Å². The fourth-order valence-corrected chi connectivity index (χ4v) is 2.57. The number of carbonyl (C=O) groups is 2. The van der Waals surface area contributed by atoms with Crippen LogP contribution in [-0.4, -0.2) is 37.1 Å². The average molecular weight is 307 g/mol.